The maximum Gasteiger partial charge on any atom is 0.0603 e. The fourth-order valence-electron chi connectivity index (χ4n) is 3.69. The maximum atomic E-state index is 9.66. The molecule has 1 heterocycles. The van der Waals surface area contributed by atoms with Gasteiger partial charge in [0.2, 0.25) is 0 Å². The van der Waals surface area contributed by atoms with Crippen LogP contribution in [0.1, 0.15) is 117 Å². The number of aliphatic hydroxyl groups is 1. The summed E-state index contributed by atoms with van der Waals surface area (Å²) in [6.45, 7) is 4.32. The van der Waals surface area contributed by atoms with Crippen LogP contribution < -0.4 is 0 Å². The van der Waals surface area contributed by atoms with E-state index >= 15 is 0 Å². The Balaban J connectivity index is 1.67. The molecule has 1 aliphatic heterocycles. The molecule has 1 saturated heterocycles. The van der Waals surface area contributed by atoms with Gasteiger partial charge in [0, 0.05) is 0 Å². The Labute approximate surface area is 145 Å². The minimum absolute atomic E-state index is 0.0424. The summed E-state index contributed by atoms with van der Waals surface area (Å²) in [7, 11) is 0. The fourth-order valence-corrected chi connectivity index (χ4v) is 3.69. The summed E-state index contributed by atoms with van der Waals surface area (Å²) in [6.07, 6.45) is 21.9. The zero-order valence-corrected chi connectivity index (χ0v) is 15.9. The van der Waals surface area contributed by atoms with Crippen LogP contribution in [0, 0.1) is 0 Å². The number of ether oxygens (including phenoxy) is 1. The molecule has 0 aliphatic carbocycles. The number of hydrogen-bond acceptors (Lipinski definition) is 2. The van der Waals surface area contributed by atoms with Gasteiger partial charge in [-0.2, -0.15) is 0 Å². The van der Waals surface area contributed by atoms with E-state index in [4.69, 9.17) is 4.74 Å². The monoisotopic (exact) mass is 326 g/mol. The van der Waals surface area contributed by atoms with Crippen molar-refractivity contribution in [1.29, 1.82) is 0 Å². The molecule has 0 aromatic heterocycles. The van der Waals surface area contributed by atoms with Gasteiger partial charge in [-0.15, -0.1) is 0 Å². The third kappa shape index (κ3) is 12.0. The molecule has 1 fully saturated rings. The van der Waals surface area contributed by atoms with E-state index in [9.17, 15) is 5.11 Å². The lowest BCUT2D eigenvalue weighted by atomic mass is 9.99. The first-order valence-corrected chi connectivity index (χ1v) is 10.6. The van der Waals surface area contributed by atoms with Crippen molar-refractivity contribution in [3.63, 3.8) is 0 Å². The average molecular weight is 327 g/mol. The highest BCUT2D eigenvalue weighted by Crippen LogP contribution is 2.24. The Kier molecular flexibility index (Phi) is 13.0. The predicted octanol–water partition coefficient (Wildman–Crippen LogP) is 6.40. The smallest absolute Gasteiger partial charge is 0.0603 e. The standard InChI is InChI=1S/C21H42O2/c1-3-15-20(22)16-13-11-9-7-5-4-6-8-10-12-14-17-21-18-19(2)23-21/h19-22H,3-18H2,1-2H3. The molecule has 0 aromatic rings. The number of unbranched alkanes of at least 4 members (excludes halogenated alkanes) is 10. The Morgan fingerprint density at radius 2 is 1.30 bits per heavy atom. The molecule has 0 bridgehead atoms. The third-order valence-electron chi connectivity index (χ3n) is 5.20. The molecule has 3 unspecified atom stereocenters. The second kappa shape index (κ2) is 14.3. The van der Waals surface area contributed by atoms with Gasteiger partial charge in [-0.25, -0.2) is 0 Å². The van der Waals surface area contributed by atoms with E-state index in [2.05, 4.69) is 13.8 Å². The van der Waals surface area contributed by atoms with Gasteiger partial charge >= 0.3 is 0 Å². The van der Waals surface area contributed by atoms with Gasteiger partial charge in [0.25, 0.3) is 0 Å². The van der Waals surface area contributed by atoms with Gasteiger partial charge in [-0.05, 0) is 32.6 Å². The molecule has 0 amide bonds. The topological polar surface area (TPSA) is 29.5 Å². The molecule has 2 heteroatoms. The van der Waals surface area contributed by atoms with Crippen LogP contribution in [0.4, 0.5) is 0 Å². The Bertz CT molecular complexity index is 233. The molecular weight excluding hydrogens is 284 g/mol. The van der Waals surface area contributed by atoms with Gasteiger partial charge in [-0.1, -0.05) is 84.0 Å². The highest BCUT2D eigenvalue weighted by atomic mass is 16.5. The van der Waals surface area contributed by atoms with Crippen LogP contribution >= 0.6 is 0 Å². The fraction of sp³-hybridized carbons (Fsp3) is 1.00. The first-order chi connectivity index (χ1) is 11.2. The number of hydrogen-bond donors (Lipinski definition) is 1. The van der Waals surface area contributed by atoms with Crippen molar-refractivity contribution in [1.82, 2.24) is 0 Å². The van der Waals surface area contributed by atoms with Crippen molar-refractivity contribution in [2.75, 3.05) is 0 Å². The van der Waals surface area contributed by atoms with Gasteiger partial charge in [0.05, 0.1) is 18.3 Å². The lowest BCUT2D eigenvalue weighted by molar-refractivity contribution is -0.117. The molecular formula is C21H42O2. The molecule has 1 aliphatic rings. The SMILES string of the molecule is CCCC(O)CCCCCCCCCCCCCC1CC(C)O1. The van der Waals surface area contributed by atoms with Gasteiger partial charge in [-0.3, -0.25) is 0 Å². The zero-order chi connectivity index (χ0) is 16.8. The molecule has 3 atom stereocenters. The molecule has 0 spiro atoms. The summed E-state index contributed by atoms with van der Waals surface area (Å²) in [4.78, 5) is 0. The van der Waals surface area contributed by atoms with E-state index in [0.717, 1.165) is 19.3 Å². The van der Waals surface area contributed by atoms with Crippen molar-refractivity contribution in [3.8, 4) is 0 Å². The predicted molar refractivity (Wildman–Crippen MR) is 99.9 cm³/mol. The summed E-state index contributed by atoms with van der Waals surface area (Å²) >= 11 is 0. The zero-order valence-electron chi connectivity index (χ0n) is 15.9. The van der Waals surface area contributed by atoms with E-state index in [1.54, 1.807) is 0 Å². The Morgan fingerprint density at radius 3 is 1.78 bits per heavy atom. The first-order valence-electron chi connectivity index (χ1n) is 10.6. The largest absolute Gasteiger partial charge is 0.393 e. The normalized spacial score (nSPS) is 22.0. The third-order valence-corrected chi connectivity index (χ3v) is 5.20. The van der Waals surface area contributed by atoms with Crippen LogP contribution in [0.5, 0.6) is 0 Å². The van der Waals surface area contributed by atoms with Crippen molar-refractivity contribution in [2.24, 2.45) is 0 Å². The molecule has 23 heavy (non-hydrogen) atoms. The van der Waals surface area contributed by atoms with Crippen LogP contribution in [-0.4, -0.2) is 23.4 Å². The minimum atomic E-state index is -0.0424. The quantitative estimate of drug-likeness (QED) is 0.333. The lowest BCUT2D eigenvalue weighted by Crippen LogP contribution is -2.34. The summed E-state index contributed by atoms with van der Waals surface area (Å²) in [6, 6.07) is 0. The molecule has 1 rings (SSSR count). The second-order valence-electron chi connectivity index (χ2n) is 7.71. The summed E-state index contributed by atoms with van der Waals surface area (Å²) in [5.74, 6) is 0. The van der Waals surface area contributed by atoms with Crippen molar-refractivity contribution < 1.29 is 9.84 Å². The van der Waals surface area contributed by atoms with Crippen molar-refractivity contribution in [3.05, 3.63) is 0 Å². The average Bonchev–Trinajstić information content (AvgIpc) is 2.50. The van der Waals surface area contributed by atoms with E-state index in [0.29, 0.717) is 12.2 Å². The number of aliphatic hydroxyl groups excluding tert-OH is 1. The Morgan fingerprint density at radius 1 is 0.826 bits per heavy atom. The van der Waals surface area contributed by atoms with Crippen LogP contribution in [-0.2, 0) is 4.74 Å². The highest BCUT2D eigenvalue weighted by molar-refractivity contribution is 4.73. The van der Waals surface area contributed by atoms with E-state index < -0.39 is 0 Å². The van der Waals surface area contributed by atoms with E-state index in [1.165, 1.54) is 83.5 Å². The van der Waals surface area contributed by atoms with Crippen LogP contribution in [0.25, 0.3) is 0 Å². The van der Waals surface area contributed by atoms with Crippen LogP contribution in [0.3, 0.4) is 0 Å². The maximum absolute atomic E-state index is 9.66. The van der Waals surface area contributed by atoms with Crippen LogP contribution in [0.15, 0.2) is 0 Å². The Hall–Kier alpha value is -0.0800. The van der Waals surface area contributed by atoms with Gasteiger partial charge < -0.3 is 9.84 Å². The van der Waals surface area contributed by atoms with Crippen molar-refractivity contribution in [2.45, 2.75) is 135 Å². The second-order valence-corrected chi connectivity index (χ2v) is 7.71. The molecule has 1 N–H and O–H groups in total. The van der Waals surface area contributed by atoms with E-state index in [-0.39, 0.29) is 6.10 Å². The molecule has 0 radical (unpaired) electrons. The summed E-state index contributed by atoms with van der Waals surface area (Å²) in [5.41, 5.74) is 0. The van der Waals surface area contributed by atoms with E-state index in [1.807, 2.05) is 0 Å². The molecule has 0 saturated carbocycles. The highest BCUT2D eigenvalue weighted by Gasteiger charge is 2.24. The van der Waals surface area contributed by atoms with Gasteiger partial charge in [0.15, 0.2) is 0 Å². The molecule has 0 aromatic carbocycles. The van der Waals surface area contributed by atoms with Gasteiger partial charge in [0.1, 0.15) is 0 Å². The molecule has 138 valence electrons. The summed E-state index contributed by atoms with van der Waals surface area (Å²) < 4.78 is 5.65. The lowest BCUT2D eigenvalue weighted by Gasteiger charge is -2.33. The van der Waals surface area contributed by atoms with Crippen molar-refractivity contribution >= 4 is 0 Å². The number of rotatable bonds is 16. The first kappa shape index (κ1) is 21.0. The summed E-state index contributed by atoms with van der Waals surface area (Å²) in [5, 5.41) is 9.66. The van der Waals surface area contributed by atoms with Crippen LogP contribution in [0.2, 0.25) is 0 Å². The molecule has 2 nitrogen and oxygen atoms in total. The minimum Gasteiger partial charge on any atom is -0.393 e.